The third-order valence-corrected chi connectivity index (χ3v) is 4.16. The molecular weight excluding hydrogens is 419 g/mol. The van der Waals surface area contributed by atoms with Gasteiger partial charge in [-0.3, -0.25) is 4.79 Å². The SMILES string of the molecule is COc1ccc(OC)c(C=C(C#N)C(=O)Nc2ccccc2I)c1. The van der Waals surface area contributed by atoms with Gasteiger partial charge in [0, 0.05) is 9.13 Å². The van der Waals surface area contributed by atoms with E-state index in [-0.39, 0.29) is 5.57 Å². The van der Waals surface area contributed by atoms with E-state index in [1.54, 1.807) is 31.4 Å². The quantitative estimate of drug-likeness (QED) is 0.441. The number of carbonyl (C=O) groups excluding carboxylic acids is 1. The monoisotopic (exact) mass is 434 g/mol. The zero-order valence-corrected chi connectivity index (χ0v) is 15.3. The Bertz CT molecular complexity index is 825. The minimum absolute atomic E-state index is 0.0267. The van der Waals surface area contributed by atoms with Gasteiger partial charge in [0.1, 0.15) is 23.1 Å². The van der Waals surface area contributed by atoms with Crippen molar-refractivity contribution >= 4 is 40.3 Å². The molecule has 24 heavy (non-hydrogen) atoms. The first-order chi connectivity index (χ1) is 11.6. The summed E-state index contributed by atoms with van der Waals surface area (Å²) in [6, 6.07) is 14.4. The van der Waals surface area contributed by atoms with Crippen LogP contribution in [0.15, 0.2) is 48.0 Å². The molecule has 6 heteroatoms. The highest BCUT2D eigenvalue weighted by Gasteiger charge is 2.13. The smallest absolute Gasteiger partial charge is 0.266 e. The number of para-hydroxylation sites is 1. The zero-order valence-electron chi connectivity index (χ0n) is 13.2. The third kappa shape index (κ3) is 4.26. The average Bonchev–Trinajstić information content (AvgIpc) is 2.61. The van der Waals surface area contributed by atoms with Crippen LogP contribution in [0.1, 0.15) is 5.56 Å². The molecule has 1 amide bonds. The maximum Gasteiger partial charge on any atom is 0.266 e. The molecule has 5 nitrogen and oxygen atoms in total. The van der Waals surface area contributed by atoms with E-state index in [4.69, 9.17) is 9.47 Å². The number of halogens is 1. The molecule has 2 aromatic carbocycles. The van der Waals surface area contributed by atoms with Gasteiger partial charge >= 0.3 is 0 Å². The van der Waals surface area contributed by atoms with Crippen molar-refractivity contribution < 1.29 is 14.3 Å². The van der Waals surface area contributed by atoms with E-state index < -0.39 is 5.91 Å². The molecule has 0 aliphatic carbocycles. The van der Waals surface area contributed by atoms with Crippen LogP contribution in [0, 0.1) is 14.9 Å². The molecule has 122 valence electrons. The Hall–Kier alpha value is -2.53. The first-order valence-corrected chi connectivity index (χ1v) is 8.06. The molecule has 2 rings (SSSR count). The second kappa shape index (κ2) is 8.36. The van der Waals surface area contributed by atoms with Gasteiger partial charge in [0.25, 0.3) is 5.91 Å². The van der Waals surface area contributed by atoms with Gasteiger partial charge in [0.05, 0.1) is 19.9 Å². The maximum absolute atomic E-state index is 12.4. The second-order valence-corrected chi connectivity index (χ2v) is 5.87. The predicted molar refractivity (Wildman–Crippen MR) is 101 cm³/mol. The Kier molecular flexibility index (Phi) is 6.21. The van der Waals surface area contributed by atoms with Crippen LogP contribution in [0.2, 0.25) is 0 Å². The summed E-state index contributed by atoms with van der Waals surface area (Å²) in [5, 5.41) is 12.1. The van der Waals surface area contributed by atoms with Crippen molar-refractivity contribution in [3.63, 3.8) is 0 Å². The number of carbonyl (C=O) groups is 1. The molecule has 0 saturated heterocycles. The second-order valence-electron chi connectivity index (χ2n) is 4.71. The molecule has 0 saturated carbocycles. The minimum atomic E-state index is -0.480. The van der Waals surface area contributed by atoms with Gasteiger partial charge in [-0.25, -0.2) is 0 Å². The topological polar surface area (TPSA) is 71.3 Å². The van der Waals surface area contributed by atoms with Crippen LogP contribution in [0.5, 0.6) is 11.5 Å². The van der Waals surface area contributed by atoms with Crippen molar-refractivity contribution in [1.82, 2.24) is 0 Å². The lowest BCUT2D eigenvalue weighted by molar-refractivity contribution is -0.112. The summed E-state index contributed by atoms with van der Waals surface area (Å²) in [6.45, 7) is 0. The molecule has 1 N–H and O–H groups in total. The number of methoxy groups -OCH3 is 2. The summed E-state index contributed by atoms with van der Waals surface area (Å²) in [5.74, 6) is 0.675. The molecular formula is C18H15IN2O3. The Labute approximate surface area is 154 Å². The number of ether oxygens (including phenoxy) is 2. The zero-order chi connectivity index (χ0) is 17.5. The lowest BCUT2D eigenvalue weighted by atomic mass is 10.1. The van der Waals surface area contributed by atoms with Crippen molar-refractivity contribution in [2.75, 3.05) is 19.5 Å². The molecule has 0 spiro atoms. The summed E-state index contributed by atoms with van der Waals surface area (Å²) in [7, 11) is 3.07. The van der Waals surface area contributed by atoms with Gasteiger partial charge in [0.15, 0.2) is 0 Å². The fraction of sp³-hybridized carbons (Fsp3) is 0.111. The van der Waals surface area contributed by atoms with Crippen LogP contribution in [0.3, 0.4) is 0 Å². The van der Waals surface area contributed by atoms with Gasteiger partial charge in [-0.05, 0) is 59.0 Å². The van der Waals surface area contributed by atoms with Gasteiger partial charge < -0.3 is 14.8 Å². The van der Waals surface area contributed by atoms with Gasteiger partial charge in [-0.2, -0.15) is 5.26 Å². The Morgan fingerprint density at radius 1 is 1.21 bits per heavy atom. The van der Waals surface area contributed by atoms with Crippen LogP contribution < -0.4 is 14.8 Å². The number of nitrogens with one attached hydrogen (secondary N) is 1. The van der Waals surface area contributed by atoms with E-state index in [2.05, 4.69) is 27.9 Å². The Morgan fingerprint density at radius 2 is 1.96 bits per heavy atom. The highest BCUT2D eigenvalue weighted by Crippen LogP contribution is 2.26. The van der Waals surface area contributed by atoms with Crippen molar-refractivity contribution in [3.05, 3.63) is 57.2 Å². The Balaban J connectivity index is 2.34. The van der Waals surface area contributed by atoms with Crippen molar-refractivity contribution in [2.24, 2.45) is 0 Å². The average molecular weight is 434 g/mol. The van der Waals surface area contributed by atoms with Crippen LogP contribution >= 0.6 is 22.6 Å². The summed E-state index contributed by atoms with van der Waals surface area (Å²) in [6.07, 6.45) is 1.48. The van der Waals surface area contributed by atoms with E-state index in [1.807, 2.05) is 24.3 Å². The summed E-state index contributed by atoms with van der Waals surface area (Å²) >= 11 is 2.12. The number of nitriles is 1. The fourth-order valence-electron chi connectivity index (χ4n) is 2.01. The first kappa shape index (κ1) is 17.8. The molecule has 2 aromatic rings. The molecule has 0 fully saturated rings. The van der Waals surface area contributed by atoms with Crippen molar-refractivity contribution in [2.45, 2.75) is 0 Å². The van der Waals surface area contributed by atoms with E-state index >= 15 is 0 Å². The number of hydrogen-bond acceptors (Lipinski definition) is 4. The first-order valence-electron chi connectivity index (χ1n) is 6.98. The van der Waals surface area contributed by atoms with Crippen molar-refractivity contribution in [1.29, 1.82) is 5.26 Å². The number of amides is 1. The van der Waals surface area contributed by atoms with Crippen LogP contribution in [0.4, 0.5) is 5.69 Å². The lowest BCUT2D eigenvalue weighted by Crippen LogP contribution is -2.14. The summed E-state index contributed by atoms with van der Waals surface area (Å²) in [5.41, 5.74) is 1.22. The van der Waals surface area contributed by atoms with Crippen molar-refractivity contribution in [3.8, 4) is 17.6 Å². The van der Waals surface area contributed by atoms with Crippen LogP contribution in [-0.4, -0.2) is 20.1 Å². The largest absolute Gasteiger partial charge is 0.497 e. The van der Waals surface area contributed by atoms with Gasteiger partial charge in [-0.1, -0.05) is 12.1 Å². The standard InChI is InChI=1S/C18H15IN2O3/c1-23-14-7-8-17(24-2)12(10-14)9-13(11-20)18(22)21-16-6-4-3-5-15(16)19/h3-10H,1-2H3,(H,21,22). The van der Waals surface area contributed by atoms with Gasteiger partial charge in [-0.15, -0.1) is 0 Å². The molecule has 0 radical (unpaired) electrons. The number of hydrogen-bond donors (Lipinski definition) is 1. The molecule has 0 aliphatic rings. The molecule has 0 aromatic heterocycles. The summed E-state index contributed by atoms with van der Waals surface area (Å²) < 4.78 is 11.3. The summed E-state index contributed by atoms with van der Waals surface area (Å²) in [4.78, 5) is 12.4. The maximum atomic E-state index is 12.4. The molecule has 0 atom stereocenters. The van der Waals surface area contributed by atoms with Gasteiger partial charge in [0.2, 0.25) is 0 Å². The van der Waals surface area contributed by atoms with E-state index in [0.29, 0.717) is 22.7 Å². The van der Waals surface area contributed by atoms with E-state index in [0.717, 1.165) is 3.57 Å². The number of rotatable bonds is 5. The van der Waals surface area contributed by atoms with Crippen LogP contribution in [0.25, 0.3) is 6.08 Å². The highest BCUT2D eigenvalue weighted by molar-refractivity contribution is 14.1. The molecule has 0 aliphatic heterocycles. The number of anilines is 1. The van der Waals surface area contributed by atoms with E-state index in [1.165, 1.54) is 13.2 Å². The fourth-order valence-corrected chi connectivity index (χ4v) is 2.53. The number of benzene rings is 2. The lowest BCUT2D eigenvalue weighted by Gasteiger charge is -2.09. The molecule has 0 bridgehead atoms. The Morgan fingerprint density at radius 3 is 2.58 bits per heavy atom. The normalized spacial score (nSPS) is 10.7. The molecule has 0 heterocycles. The van der Waals surface area contributed by atoms with E-state index in [9.17, 15) is 10.1 Å². The molecule has 0 unspecified atom stereocenters. The predicted octanol–water partition coefficient (Wildman–Crippen LogP) is 3.85. The van der Waals surface area contributed by atoms with Crippen LogP contribution in [-0.2, 0) is 4.79 Å². The minimum Gasteiger partial charge on any atom is -0.497 e. The third-order valence-electron chi connectivity index (χ3n) is 3.22. The number of nitrogens with zero attached hydrogens (tertiary/aromatic N) is 1. The highest BCUT2D eigenvalue weighted by atomic mass is 127.